The Bertz CT molecular complexity index is 715. The molecule has 0 atom stereocenters. The smallest absolute Gasteiger partial charge is 0.223 e. The zero-order valence-electron chi connectivity index (χ0n) is 9.49. The van der Waals surface area contributed by atoms with Crippen molar-refractivity contribution in [2.45, 2.75) is 6.92 Å². The second-order valence-corrected chi connectivity index (χ2v) is 3.71. The van der Waals surface area contributed by atoms with Gasteiger partial charge in [-0.3, -0.25) is 4.79 Å². The lowest BCUT2D eigenvalue weighted by atomic mass is 10.2. The number of aryl methyl sites for hydroxylation is 1. The van der Waals surface area contributed by atoms with Gasteiger partial charge in [0.05, 0.1) is 6.20 Å². The second kappa shape index (κ2) is 3.95. The minimum atomic E-state index is 0.492. The molecule has 1 N–H and O–H groups in total. The lowest BCUT2D eigenvalue weighted by Crippen LogP contribution is -1.92. The summed E-state index contributed by atoms with van der Waals surface area (Å²) >= 11 is 0. The molecule has 7 heteroatoms. The van der Waals surface area contributed by atoms with E-state index in [9.17, 15) is 4.79 Å². The van der Waals surface area contributed by atoms with Crippen molar-refractivity contribution in [1.82, 2.24) is 19.5 Å². The van der Waals surface area contributed by atoms with Gasteiger partial charge >= 0.3 is 0 Å². The number of hydrogen-bond donors (Lipinski definition) is 1. The van der Waals surface area contributed by atoms with Crippen LogP contribution in [0.25, 0.3) is 17.0 Å². The molecule has 3 aromatic rings. The molecule has 0 aliphatic heterocycles. The third-order valence-electron chi connectivity index (χ3n) is 2.45. The summed E-state index contributed by atoms with van der Waals surface area (Å²) in [7, 11) is 0. The summed E-state index contributed by atoms with van der Waals surface area (Å²) in [6, 6.07) is 3.67. The molecule has 3 heterocycles. The topological polar surface area (TPSA) is 85.3 Å². The van der Waals surface area contributed by atoms with E-state index < -0.39 is 0 Å². The van der Waals surface area contributed by atoms with Crippen molar-refractivity contribution in [1.29, 1.82) is 0 Å². The number of pyridine rings is 1. The van der Waals surface area contributed by atoms with Crippen LogP contribution in [0.3, 0.4) is 0 Å². The van der Waals surface area contributed by atoms with Crippen LogP contribution in [0.1, 0.15) is 5.89 Å². The number of fused-ring (bicyclic) bond motifs is 1. The molecule has 7 nitrogen and oxygen atoms in total. The van der Waals surface area contributed by atoms with Crippen LogP contribution in [-0.4, -0.2) is 25.9 Å². The summed E-state index contributed by atoms with van der Waals surface area (Å²) in [4.78, 5) is 18.7. The molecule has 0 aliphatic rings. The summed E-state index contributed by atoms with van der Waals surface area (Å²) in [6.07, 6.45) is 4.12. The number of aromatic nitrogens is 4. The van der Waals surface area contributed by atoms with Crippen LogP contribution in [0.4, 0.5) is 5.82 Å². The van der Waals surface area contributed by atoms with Crippen LogP contribution >= 0.6 is 0 Å². The highest BCUT2D eigenvalue weighted by molar-refractivity contribution is 5.71. The molecule has 1 amide bonds. The van der Waals surface area contributed by atoms with Gasteiger partial charge in [0.2, 0.25) is 18.1 Å². The van der Waals surface area contributed by atoms with Gasteiger partial charge in [-0.25, -0.2) is 4.98 Å². The van der Waals surface area contributed by atoms with E-state index in [-0.39, 0.29) is 0 Å². The Morgan fingerprint density at radius 2 is 2.33 bits per heavy atom. The average molecular weight is 243 g/mol. The summed E-state index contributed by atoms with van der Waals surface area (Å²) in [5.41, 5.74) is 1.50. The maximum atomic E-state index is 10.3. The Morgan fingerprint density at radius 3 is 3.06 bits per heavy atom. The van der Waals surface area contributed by atoms with Crippen molar-refractivity contribution in [3.05, 3.63) is 30.4 Å². The highest BCUT2D eigenvalue weighted by Crippen LogP contribution is 2.18. The van der Waals surface area contributed by atoms with Gasteiger partial charge in [-0.2, -0.15) is 4.98 Å². The van der Waals surface area contributed by atoms with E-state index in [4.69, 9.17) is 4.52 Å². The Labute approximate surface area is 101 Å². The van der Waals surface area contributed by atoms with Gasteiger partial charge in [-0.05, 0) is 12.1 Å². The minimum absolute atomic E-state index is 0.492. The van der Waals surface area contributed by atoms with Gasteiger partial charge in [0.25, 0.3) is 0 Å². The first-order chi connectivity index (χ1) is 8.76. The Morgan fingerprint density at radius 1 is 1.44 bits per heavy atom. The maximum Gasteiger partial charge on any atom is 0.223 e. The lowest BCUT2D eigenvalue weighted by Gasteiger charge is -1.95. The summed E-state index contributed by atoms with van der Waals surface area (Å²) < 4.78 is 6.72. The zero-order chi connectivity index (χ0) is 12.5. The Hall–Kier alpha value is -2.70. The van der Waals surface area contributed by atoms with Crippen LogP contribution in [0.2, 0.25) is 0 Å². The van der Waals surface area contributed by atoms with Crippen molar-refractivity contribution >= 4 is 17.9 Å². The third kappa shape index (κ3) is 1.71. The predicted molar refractivity (Wildman–Crippen MR) is 62.9 cm³/mol. The van der Waals surface area contributed by atoms with Gasteiger partial charge in [-0.1, -0.05) is 5.16 Å². The van der Waals surface area contributed by atoms with Crippen LogP contribution in [-0.2, 0) is 4.79 Å². The largest absolute Gasteiger partial charge is 0.339 e. The molecule has 0 saturated carbocycles. The lowest BCUT2D eigenvalue weighted by molar-refractivity contribution is -0.105. The van der Waals surface area contributed by atoms with E-state index in [1.807, 2.05) is 18.3 Å². The highest BCUT2D eigenvalue weighted by atomic mass is 16.5. The Kier molecular flexibility index (Phi) is 2.30. The number of carbonyl (C=O) groups is 1. The van der Waals surface area contributed by atoms with Gasteiger partial charge < -0.3 is 14.2 Å². The molecule has 0 aliphatic carbocycles. The number of amides is 1. The van der Waals surface area contributed by atoms with E-state index in [1.165, 1.54) is 0 Å². The number of anilines is 1. The fraction of sp³-hybridized carbons (Fsp3) is 0.0909. The molecule has 0 aromatic carbocycles. The zero-order valence-corrected chi connectivity index (χ0v) is 9.49. The first-order valence-corrected chi connectivity index (χ1v) is 5.26. The summed E-state index contributed by atoms with van der Waals surface area (Å²) in [6.45, 7) is 1.73. The summed E-state index contributed by atoms with van der Waals surface area (Å²) in [5.74, 6) is 1.52. The number of imidazole rings is 1. The monoisotopic (exact) mass is 243 g/mol. The standard InChI is InChI=1S/C11H9N5O2/c1-7-13-11(15-18-7)8-2-3-16-5-9(12-6-17)14-10(16)4-8/h2-6H,1H3,(H,12,17). The minimum Gasteiger partial charge on any atom is -0.339 e. The van der Waals surface area contributed by atoms with Crippen LogP contribution in [0.15, 0.2) is 29.0 Å². The summed E-state index contributed by atoms with van der Waals surface area (Å²) in [5, 5.41) is 6.34. The molecule has 3 rings (SSSR count). The molecule has 3 aromatic heterocycles. The van der Waals surface area contributed by atoms with Gasteiger partial charge in [0.15, 0.2) is 5.82 Å². The van der Waals surface area contributed by atoms with Crippen molar-refractivity contribution in [3.8, 4) is 11.4 Å². The SMILES string of the molecule is Cc1nc(-c2ccn3cc(NC=O)nc3c2)no1. The molecule has 0 saturated heterocycles. The average Bonchev–Trinajstić information content (AvgIpc) is 2.94. The van der Waals surface area contributed by atoms with Gasteiger partial charge in [0.1, 0.15) is 5.65 Å². The van der Waals surface area contributed by atoms with Gasteiger partial charge in [0, 0.05) is 18.7 Å². The number of rotatable bonds is 3. The van der Waals surface area contributed by atoms with Crippen LogP contribution in [0, 0.1) is 6.92 Å². The molecule has 0 radical (unpaired) electrons. The number of carbonyl (C=O) groups excluding carboxylic acids is 1. The van der Waals surface area contributed by atoms with Crippen molar-refractivity contribution < 1.29 is 9.32 Å². The molecule has 0 fully saturated rings. The number of hydrogen-bond acceptors (Lipinski definition) is 5. The number of nitrogens with zero attached hydrogens (tertiary/aromatic N) is 4. The predicted octanol–water partition coefficient (Wildman–Crippen LogP) is 1.26. The third-order valence-corrected chi connectivity index (χ3v) is 2.45. The molecule has 90 valence electrons. The first kappa shape index (κ1) is 10.5. The molecular weight excluding hydrogens is 234 g/mol. The Balaban J connectivity index is 2.07. The van der Waals surface area contributed by atoms with E-state index in [0.29, 0.717) is 29.6 Å². The molecule has 18 heavy (non-hydrogen) atoms. The van der Waals surface area contributed by atoms with Crippen molar-refractivity contribution in [3.63, 3.8) is 0 Å². The quantitative estimate of drug-likeness (QED) is 0.700. The van der Waals surface area contributed by atoms with E-state index >= 15 is 0 Å². The van der Waals surface area contributed by atoms with Crippen molar-refractivity contribution in [2.24, 2.45) is 0 Å². The van der Waals surface area contributed by atoms with E-state index in [1.54, 1.807) is 17.5 Å². The van der Waals surface area contributed by atoms with Crippen LogP contribution in [0.5, 0.6) is 0 Å². The fourth-order valence-corrected chi connectivity index (χ4v) is 1.67. The van der Waals surface area contributed by atoms with Gasteiger partial charge in [-0.15, -0.1) is 0 Å². The van der Waals surface area contributed by atoms with E-state index in [2.05, 4.69) is 20.4 Å². The molecule has 0 spiro atoms. The number of nitrogens with one attached hydrogen (secondary N) is 1. The molecule has 0 unspecified atom stereocenters. The highest BCUT2D eigenvalue weighted by Gasteiger charge is 2.08. The van der Waals surface area contributed by atoms with Crippen molar-refractivity contribution in [2.75, 3.05) is 5.32 Å². The first-order valence-electron chi connectivity index (χ1n) is 5.26. The normalized spacial score (nSPS) is 10.7. The molecular formula is C11H9N5O2. The maximum absolute atomic E-state index is 10.3. The van der Waals surface area contributed by atoms with E-state index in [0.717, 1.165) is 5.56 Å². The second-order valence-electron chi connectivity index (χ2n) is 3.71. The molecule has 0 bridgehead atoms. The fourth-order valence-electron chi connectivity index (χ4n) is 1.67. The van der Waals surface area contributed by atoms with Crippen LogP contribution < -0.4 is 5.32 Å².